The van der Waals surface area contributed by atoms with Crippen molar-refractivity contribution in [1.29, 1.82) is 0 Å². The van der Waals surface area contributed by atoms with Crippen molar-refractivity contribution in [2.24, 2.45) is 5.10 Å². The van der Waals surface area contributed by atoms with E-state index in [-0.39, 0.29) is 23.9 Å². The molecule has 0 N–H and O–H groups in total. The van der Waals surface area contributed by atoms with Gasteiger partial charge in [0.05, 0.1) is 31.3 Å². The van der Waals surface area contributed by atoms with Crippen molar-refractivity contribution >= 4 is 33.0 Å². The number of ether oxygens (including phenoxy) is 3. The second-order valence-corrected chi connectivity index (χ2v) is 9.39. The third kappa shape index (κ3) is 5.83. The molecule has 4 rings (SSSR count). The molecule has 0 radical (unpaired) electrons. The molecule has 0 amide bonds. The summed E-state index contributed by atoms with van der Waals surface area (Å²) in [7, 11) is 3.05. The van der Waals surface area contributed by atoms with Gasteiger partial charge < -0.3 is 14.2 Å². The summed E-state index contributed by atoms with van der Waals surface area (Å²) in [5.74, 6) is 1.55. The Balaban J connectivity index is 1.72. The smallest absolute Gasteiger partial charge is 0.282 e. The molecule has 3 aromatic carbocycles. The third-order valence-electron chi connectivity index (χ3n) is 5.99. The maximum Gasteiger partial charge on any atom is 0.282 e. The van der Waals surface area contributed by atoms with E-state index in [0.717, 1.165) is 16.5 Å². The number of halogens is 2. The summed E-state index contributed by atoms with van der Waals surface area (Å²) in [6.07, 6.45) is 2.36. The third-order valence-corrected chi connectivity index (χ3v) is 6.48. The van der Waals surface area contributed by atoms with Crippen molar-refractivity contribution in [3.05, 3.63) is 92.2 Å². The number of benzene rings is 3. The number of rotatable bonds is 9. The zero-order valence-electron chi connectivity index (χ0n) is 21.0. The highest BCUT2D eigenvalue weighted by molar-refractivity contribution is 9.10. The van der Waals surface area contributed by atoms with Gasteiger partial charge >= 0.3 is 0 Å². The van der Waals surface area contributed by atoms with Crippen molar-refractivity contribution in [2.75, 3.05) is 14.2 Å². The molecule has 0 bridgehead atoms. The molecule has 192 valence electrons. The molecule has 0 saturated carbocycles. The maximum atomic E-state index is 13.4. The van der Waals surface area contributed by atoms with E-state index in [1.165, 1.54) is 31.0 Å². The number of nitrogens with zero attached hydrogens (tertiary/aromatic N) is 3. The van der Waals surface area contributed by atoms with Crippen LogP contribution in [0.1, 0.15) is 43.1 Å². The molecule has 0 aliphatic heterocycles. The summed E-state index contributed by atoms with van der Waals surface area (Å²) < 4.78 is 32.4. The number of methoxy groups -OCH3 is 2. The number of aromatic nitrogens is 2. The first-order chi connectivity index (χ1) is 17.8. The van der Waals surface area contributed by atoms with Crippen LogP contribution in [0.4, 0.5) is 4.39 Å². The van der Waals surface area contributed by atoms with Gasteiger partial charge in [-0.05, 0) is 54.4 Å². The van der Waals surface area contributed by atoms with E-state index in [1.807, 2.05) is 26.0 Å². The van der Waals surface area contributed by atoms with E-state index in [9.17, 15) is 9.18 Å². The fraction of sp³-hybridized carbons (Fsp3) is 0.250. The average molecular weight is 568 g/mol. The zero-order valence-corrected chi connectivity index (χ0v) is 22.6. The van der Waals surface area contributed by atoms with E-state index in [4.69, 9.17) is 19.2 Å². The highest BCUT2D eigenvalue weighted by Crippen LogP contribution is 2.38. The van der Waals surface area contributed by atoms with Crippen molar-refractivity contribution < 1.29 is 18.6 Å². The molecule has 0 spiro atoms. The molecular weight excluding hydrogens is 541 g/mol. The molecule has 1 heterocycles. The lowest BCUT2D eigenvalue weighted by Gasteiger charge is -2.16. The SMILES string of the molecule is CC[C@H](C)c1nc2ccc(Br)cc2c(=O)n1N=Cc1cc(OC)c(OCc2ccc(F)cc2)c(OC)c1. The van der Waals surface area contributed by atoms with Crippen LogP contribution in [0.25, 0.3) is 10.9 Å². The Bertz CT molecular complexity index is 1480. The quantitative estimate of drug-likeness (QED) is 0.222. The van der Waals surface area contributed by atoms with Gasteiger partial charge in [0.2, 0.25) is 5.75 Å². The Morgan fingerprint density at radius 1 is 1.08 bits per heavy atom. The summed E-state index contributed by atoms with van der Waals surface area (Å²) in [6, 6.07) is 15.0. The number of fused-ring (bicyclic) bond motifs is 1. The van der Waals surface area contributed by atoms with Gasteiger partial charge in [-0.3, -0.25) is 4.79 Å². The van der Waals surface area contributed by atoms with Gasteiger partial charge in [-0.15, -0.1) is 0 Å². The molecule has 9 heteroatoms. The van der Waals surface area contributed by atoms with Gasteiger partial charge in [0.25, 0.3) is 5.56 Å². The van der Waals surface area contributed by atoms with E-state index in [0.29, 0.717) is 39.5 Å². The van der Waals surface area contributed by atoms with Gasteiger partial charge in [0.1, 0.15) is 18.2 Å². The molecule has 0 aliphatic rings. The van der Waals surface area contributed by atoms with Crippen LogP contribution in [0.5, 0.6) is 17.2 Å². The molecule has 7 nitrogen and oxygen atoms in total. The van der Waals surface area contributed by atoms with Crippen LogP contribution in [-0.4, -0.2) is 30.1 Å². The normalized spacial score (nSPS) is 12.2. The minimum Gasteiger partial charge on any atom is -0.493 e. The van der Waals surface area contributed by atoms with Crippen LogP contribution in [0.3, 0.4) is 0 Å². The summed E-state index contributed by atoms with van der Waals surface area (Å²) in [5.41, 5.74) is 1.81. The van der Waals surface area contributed by atoms with E-state index >= 15 is 0 Å². The van der Waals surface area contributed by atoms with Crippen molar-refractivity contribution in [3.8, 4) is 17.2 Å². The minimum atomic E-state index is -0.313. The van der Waals surface area contributed by atoms with E-state index in [1.54, 1.807) is 36.5 Å². The first-order valence-electron chi connectivity index (χ1n) is 11.7. The fourth-order valence-corrected chi connectivity index (χ4v) is 4.12. The van der Waals surface area contributed by atoms with E-state index in [2.05, 4.69) is 21.0 Å². The summed E-state index contributed by atoms with van der Waals surface area (Å²) in [5, 5.41) is 4.99. The molecule has 0 fully saturated rings. The second-order valence-electron chi connectivity index (χ2n) is 8.47. The largest absolute Gasteiger partial charge is 0.493 e. The first-order valence-corrected chi connectivity index (χ1v) is 12.5. The maximum absolute atomic E-state index is 13.4. The Morgan fingerprint density at radius 2 is 1.76 bits per heavy atom. The van der Waals surface area contributed by atoms with Crippen molar-refractivity contribution in [3.63, 3.8) is 0 Å². The highest BCUT2D eigenvalue weighted by atomic mass is 79.9. The monoisotopic (exact) mass is 567 g/mol. The number of hydrogen-bond acceptors (Lipinski definition) is 6. The Hall–Kier alpha value is -3.72. The molecule has 37 heavy (non-hydrogen) atoms. The highest BCUT2D eigenvalue weighted by Gasteiger charge is 2.17. The summed E-state index contributed by atoms with van der Waals surface area (Å²) in [4.78, 5) is 18.1. The average Bonchev–Trinajstić information content (AvgIpc) is 2.91. The molecule has 0 aliphatic carbocycles. The molecule has 1 atom stereocenters. The molecule has 0 saturated heterocycles. The second kappa shape index (κ2) is 11.6. The van der Waals surface area contributed by atoms with E-state index < -0.39 is 0 Å². The first kappa shape index (κ1) is 26.3. The van der Waals surface area contributed by atoms with Gasteiger partial charge in [-0.25, -0.2) is 9.37 Å². The Kier molecular flexibility index (Phi) is 8.23. The zero-order chi connectivity index (χ0) is 26.5. The van der Waals surface area contributed by atoms with Gasteiger partial charge in [0, 0.05) is 16.0 Å². The number of hydrogen-bond donors (Lipinski definition) is 0. The predicted octanol–water partition coefficient (Wildman–Crippen LogP) is 6.29. The van der Waals surface area contributed by atoms with Crippen LogP contribution in [0.2, 0.25) is 0 Å². The van der Waals surface area contributed by atoms with Crippen molar-refractivity contribution in [2.45, 2.75) is 32.8 Å². The fourth-order valence-electron chi connectivity index (χ4n) is 3.76. The molecular formula is C28H27BrFN3O4. The summed E-state index contributed by atoms with van der Waals surface area (Å²) in [6.45, 7) is 4.25. The van der Waals surface area contributed by atoms with Gasteiger partial charge in [-0.2, -0.15) is 9.78 Å². The summed E-state index contributed by atoms with van der Waals surface area (Å²) >= 11 is 3.43. The van der Waals surface area contributed by atoms with Gasteiger partial charge in [0.15, 0.2) is 11.5 Å². The topological polar surface area (TPSA) is 74.9 Å². The lowest BCUT2D eigenvalue weighted by atomic mass is 10.1. The van der Waals surface area contributed by atoms with Crippen LogP contribution >= 0.6 is 15.9 Å². The van der Waals surface area contributed by atoms with Crippen LogP contribution in [0, 0.1) is 5.82 Å². The Morgan fingerprint density at radius 3 is 2.38 bits per heavy atom. The molecule has 4 aromatic rings. The molecule has 0 unspecified atom stereocenters. The predicted molar refractivity (Wildman–Crippen MR) is 146 cm³/mol. The molecule has 1 aromatic heterocycles. The van der Waals surface area contributed by atoms with Crippen LogP contribution < -0.4 is 19.8 Å². The lowest BCUT2D eigenvalue weighted by Crippen LogP contribution is -2.23. The van der Waals surface area contributed by atoms with Crippen LogP contribution in [0.15, 0.2) is 69.0 Å². The standard InChI is InChI=1S/C28H27BrFN3O4/c1-5-17(2)27-32-23-11-8-20(29)14-22(23)28(34)33(27)31-15-19-12-24(35-3)26(25(13-19)36-4)37-16-18-6-9-21(30)10-7-18/h6-15,17H,5,16H2,1-4H3/t17-/m0/s1. The Labute approximate surface area is 222 Å². The van der Waals surface area contributed by atoms with Crippen LogP contribution in [-0.2, 0) is 6.61 Å². The van der Waals surface area contributed by atoms with Gasteiger partial charge in [-0.1, -0.05) is 41.9 Å². The minimum absolute atomic E-state index is 0.0178. The van der Waals surface area contributed by atoms with Crippen molar-refractivity contribution in [1.82, 2.24) is 9.66 Å². The lowest BCUT2D eigenvalue weighted by molar-refractivity contribution is 0.266.